The summed E-state index contributed by atoms with van der Waals surface area (Å²) in [6.45, 7) is -0.185. The monoisotopic (exact) mass is 232 g/mol. The van der Waals surface area contributed by atoms with E-state index in [2.05, 4.69) is 0 Å². The van der Waals surface area contributed by atoms with E-state index in [1.807, 2.05) is 6.07 Å². The fraction of sp³-hybridized carbons (Fsp3) is 0.455. The van der Waals surface area contributed by atoms with Gasteiger partial charge >= 0.3 is 6.18 Å². The Labute approximate surface area is 92.9 Å². The lowest BCUT2D eigenvalue weighted by Gasteiger charge is -2.28. The first-order valence-corrected chi connectivity index (χ1v) is 4.96. The second kappa shape index (κ2) is 5.32. The molecule has 0 aliphatic heterocycles. The third kappa shape index (κ3) is 3.50. The highest BCUT2D eigenvalue weighted by atomic mass is 19.4. The van der Waals surface area contributed by atoms with E-state index >= 15 is 0 Å². The van der Waals surface area contributed by atoms with Gasteiger partial charge in [0, 0.05) is 13.1 Å². The topological polar surface area (TPSA) is 29.3 Å². The maximum absolute atomic E-state index is 12.6. The predicted octanol–water partition coefficient (Wildman–Crippen LogP) is 2.01. The molecular weight excluding hydrogens is 217 g/mol. The van der Waals surface area contributed by atoms with E-state index < -0.39 is 18.8 Å². The van der Waals surface area contributed by atoms with Crippen molar-refractivity contribution < 1.29 is 13.2 Å². The van der Waals surface area contributed by atoms with E-state index in [9.17, 15) is 13.2 Å². The number of likely N-dealkylation sites (N-methyl/N-ethyl adjacent to an activating group) is 1. The first-order chi connectivity index (χ1) is 7.45. The van der Waals surface area contributed by atoms with Crippen molar-refractivity contribution in [1.82, 2.24) is 4.90 Å². The summed E-state index contributed by atoms with van der Waals surface area (Å²) < 4.78 is 37.7. The Bertz CT molecular complexity index is 311. The number of halogens is 3. The van der Waals surface area contributed by atoms with Crippen molar-refractivity contribution in [3.63, 3.8) is 0 Å². The molecule has 0 heterocycles. The van der Waals surface area contributed by atoms with Gasteiger partial charge in [0.15, 0.2) is 0 Å². The van der Waals surface area contributed by atoms with Crippen molar-refractivity contribution >= 4 is 0 Å². The van der Waals surface area contributed by atoms with Crippen molar-refractivity contribution in [3.8, 4) is 0 Å². The molecule has 0 saturated heterocycles. The third-order valence-corrected chi connectivity index (χ3v) is 2.41. The summed E-state index contributed by atoms with van der Waals surface area (Å²) in [5, 5.41) is 0. The third-order valence-electron chi connectivity index (χ3n) is 2.41. The minimum atomic E-state index is -4.28. The molecule has 0 aliphatic carbocycles. The van der Waals surface area contributed by atoms with Crippen LogP contribution in [0.2, 0.25) is 0 Å². The highest BCUT2D eigenvalue weighted by Crippen LogP contribution is 2.24. The van der Waals surface area contributed by atoms with E-state index in [1.165, 1.54) is 11.9 Å². The average Bonchev–Trinajstić information content (AvgIpc) is 2.17. The molecule has 90 valence electrons. The zero-order valence-electron chi connectivity index (χ0n) is 9.04. The Morgan fingerprint density at radius 3 is 2.25 bits per heavy atom. The molecule has 0 saturated carbocycles. The van der Waals surface area contributed by atoms with E-state index in [-0.39, 0.29) is 6.54 Å². The number of nitrogens with two attached hydrogens (primary N) is 1. The average molecular weight is 232 g/mol. The van der Waals surface area contributed by atoms with Crippen molar-refractivity contribution in [3.05, 3.63) is 35.9 Å². The van der Waals surface area contributed by atoms with Gasteiger partial charge in [-0.2, -0.15) is 13.2 Å². The van der Waals surface area contributed by atoms with Crippen molar-refractivity contribution in [2.75, 3.05) is 13.6 Å². The maximum Gasteiger partial charge on any atom is 0.405 e. The van der Waals surface area contributed by atoms with Crippen LogP contribution in [0.1, 0.15) is 5.56 Å². The first-order valence-electron chi connectivity index (χ1n) is 4.96. The van der Waals surface area contributed by atoms with Crippen LogP contribution < -0.4 is 5.73 Å². The lowest BCUT2D eigenvalue weighted by molar-refractivity contribution is -0.178. The number of nitrogens with zero attached hydrogens (tertiary/aromatic N) is 1. The number of alkyl halides is 3. The quantitative estimate of drug-likeness (QED) is 0.860. The molecule has 1 atom stereocenters. The summed E-state index contributed by atoms with van der Waals surface area (Å²) in [4.78, 5) is 1.22. The standard InChI is InChI=1S/C11H15F3N2/c1-16(10(7-15)11(12,13)14)8-9-5-3-2-4-6-9/h2-6,10H,7-8,15H2,1H3. The Balaban J connectivity index is 2.67. The first kappa shape index (κ1) is 13.0. The normalized spacial score (nSPS) is 14.1. The second-order valence-electron chi connectivity index (χ2n) is 3.69. The van der Waals surface area contributed by atoms with Gasteiger partial charge < -0.3 is 5.73 Å². The molecule has 1 rings (SSSR count). The molecule has 5 heteroatoms. The van der Waals surface area contributed by atoms with Crippen molar-refractivity contribution in [1.29, 1.82) is 0 Å². The summed E-state index contributed by atoms with van der Waals surface area (Å²) in [6.07, 6.45) is -4.28. The smallest absolute Gasteiger partial charge is 0.329 e. The molecule has 0 fully saturated rings. The Morgan fingerprint density at radius 1 is 1.25 bits per heavy atom. The molecule has 2 nitrogen and oxygen atoms in total. The van der Waals surface area contributed by atoms with Gasteiger partial charge in [-0.15, -0.1) is 0 Å². The summed E-state index contributed by atoms with van der Waals surface area (Å²) >= 11 is 0. The highest BCUT2D eigenvalue weighted by molar-refractivity contribution is 5.14. The minimum Gasteiger partial charge on any atom is -0.329 e. The summed E-state index contributed by atoms with van der Waals surface area (Å²) in [5.41, 5.74) is 5.99. The molecule has 1 unspecified atom stereocenters. The zero-order valence-corrected chi connectivity index (χ0v) is 9.04. The van der Waals surface area contributed by atoms with Crippen molar-refractivity contribution in [2.45, 2.75) is 18.8 Å². The largest absolute Gasteiger partial charge is 0.405 e. The van der Waals surface area contributed by atoms with Crippen LogP contribution in [0.15, 0.2) is 30.3 Å². The van der Waals surface area contributed by atoms with Gasteiger partial charge in [0.25, 0.3) is 0 Å². The van der Waals surface area contributed by atoms with E-state index in [1.54, 1.807) is 24.3 Å². The van der Waals surface area contributed by atoms with Crippen LogP contribution in [0.5, 0.6) is 0 Å². The molecule has 0 aromatic heterocycles. The number of hydrogen-bond acceptors (Lipinski definition) is 2. The van der Waals surface area contributed by atoms with Crippen LogP contribution in [-0.2, 0) is 6.54 Å². The summed E-state index contributed by atoms with van der Waals surface area (Å²) in [6, 6.07) is 7.42. The Hall–Kier alpha value is -1.07. The van der Waals surface area contributed by atoms with Gasteiger partial charge in [-0.05, 0) is 12.6 Å². The van der Waals surface area contributed by atoms with Gasteiger partial charge in [0.2, 0.25) is 0 Å². The number of hydrogen-bond donors (Lipinski definition) is 1. The second-order valence-corrected chi connectivity index (χ2v) is 3.69. The lowest BCUT2D eigenvalue weighted by Crippen LogP contribution is -2.48. The highest BCUT2D eigenvalue weighted by Gasteiger charge is 2.41. The lowest BCUT2D eigenvalue weighted by atomic mass is 10.2. The summed E-state index contributed by atoms with van der Waals surface area (Å²) in [7, 11) is 1.43. The molecule has 0 spiro atoms. The molecule has 1 aromatic rings. The van der Waals surface area contributed by atoms with E-state index in [0.717, 1.165) is 5.56 Å². The van der Waals surface area contributed by atoms with Crippen LogP contribution in [0.25, 0.3) is 0 Å². The SMILES string of the molecule is CN(Cc1ccccc1)C(CN)C(F)(F)F. The maximum atomic E-state index is 12.6. The predicted molar refractivity (Wildman–Crippen MR) is 56.8 cm³/mol. The fourth-order valence-corrected chi connectivity index (χ4v) is 1.55. The Kier molecular flexibility index (Phi) is 4.32. The molecule has 0 bridgehead atoms. The van der Waals surface area contributed by atoms with Gasteiger partial charge in [-0.3, -0.25) is 4.90 Å². The summed E-state index contributed by atoms with van der Waals surface area (Å²) in [5.74, 6) is 0. The number of benzene rings is 1. The molecule has 1 aromatic carbocycles. The fourth-order valence-electron chi connectivity index (χ4n) is 1.55. The molecule has 0 aliphatic rings. The van der Waals surface area contributed by atoms with Crippen LogP contribution >= 0.6 is 0 Å². The van der Waals surface area contributed by atoms with Gasteiger partial charge in [-0.25, -0.2) is 0 Å². The molecule has 0 amide bonds. The van der Waals surface area contributed by atoms with Crippen LogP contribution in [0.4, 0.5) is 13.2 Å². The van der Waals surface area contributed by atoms with Crippen molar-refractivity contribution in [2.24, 2.45) is 5.73 Å². The van der Waals surface area contributed by atoms with Gasteiger partial charge in [0.05, 0.1) is 0 Å². The minimum absolute atomic E-state index is 0.238. The molecule has 16 heavy (non-hydrogen) atoms. The van der Waals surface area contributed by atoms with Gasteiger partial charge in [-0.1, -0.05) is 30.3 Å². The molecule has 2 N–H and O–H groups in total. The van der Waals surface area contributed by atoms with E-state index in [0.29, 0.717) is 0 Å². The van der Waals surface area contributed by atoms with E-state index in [4.69, 9.17) is 5.73 Å². The zero-order chi connectivity index (χ0) is 12.2. The van der Waals surface area contributed by atoms with Crippen LogP contribution in [0.3, 0.4) is 0 Å². The molecule has 0 radical (unpaired) electrons. The Morgan fingerprint density at radius 2 is 1.81 bits per heavy atom. The van der Waals surface area contributed by atoms with Crippen LogP contribution in [-0.4, -0.2) is 30.7 Å². The number of rotatable bonds is 4. The van der Waals surface area contributed by atoms with Crippen LogP contribution in [0, 0.1) is 0 Å². The van der Waals surface area contributed by atoms with Gasteiger partial charge in [0.1, 0.15) is 6.04 Å². The molecular formula is C11H15F3N2.